The summed E-state index contributed by atoms with van der Waals surface area (Å²) < 4.78 is 23.1. The number of carbonyl (C=O) groups is 1. The molecule has 4 N–H and O–H groups in total. The van der Waals surface area contributed by atoms with Crippen LogP contribution in [0, 0.1) is 0 Å². The molecule has 47 heavy (non-hydrogen) atoms. The number of ether oxygens (including phenoxy) is 4. The summed E-state index contributed by atoms with van der Waals surface area (Å²) in [6, 6.07) is 20.7. The number of methoxy groups -OCH3 is 3. The van der Waals surface area contributed by atoms with Gasteiger partial charge in [0.05, 0.1) is 39.7 Å². The van der Waals surface area contributed by atoms with Crippen LogP contribution in [0.1, 0.15) is 30.4 Å². The van der Waals surface area contributed by atoms with E-state index in [1.165, 1.54) is 25.6 Å². The molecule has 5 aromatic rings. The minimum absolute atomic E-state index is 0.240. The van der Waals surface area contributed by atoms with Crippen LogP contribution in [0.2, 0.25) is 5.15 Å². The molecule has 0 unspecified atom stereocenters. The van der Waals surface area contributed by atoms with Crippen LogP contribution < -0.4 is 30.6 Å². The highest BCUT2D eigenvalue weighted by Crippen LogP contribution is 2.33. The van der Waals surface area contributed by atoms with Crippen molar-refractivity contribution in [3.63, 3.8) is 0 Å². The fraction of sp³-hybridized carbons (Fsp3) is 0.286. The molecule has 1 aliphatic carbocycles. The van der Waals surface area contributed by atoms with Gasteiger partial charge in [0.15, 0.2) is 5.65 Å². The van der Waals surface area contributed by atoms with Crippen LogP contribution >= 0.6 is 11.6 Å². The molecule has 1 fully saturated rings. The Morgan fingerprint density at radius 1 is 1.00 bits per heavy atom. The molecule has 0 aliphatic heterocycles. The van der Waals surface area contributed by atoms with E-state index in [0.29, 0.717) is 41.9 Å². The highest BCUT2D eigenvalue weighted by molar-refractivity contribution is 6.30. The summed E-state index contributed by atoms with van der Waals surface area (Å²) in [5.41, 5.74) is 17.9. The number of pyridine rings is 1. The van der Waals surface area contributed by atoms with Gasteiger partial charge in [-0.2, -0.15) is 0 Å². The summed E-state index contributed by atoms with van der Waals surface area (Å²) in [6.07, 6.45) is 5.42. The standard InChI is InChI=1S/C18H21NO2.C17H18ClN5O3/c1-20-18-8-3-2-7-17(18)14-9-13(10-15(19)11-14)12-21-16-5-4-6-16;1-22(8-10-4-5-11(25-2)6-13(10)26-3)12-7-14(18)21-16-15(12)20-9-23(16)17(19)24/h2-3,7-11,16H,4-6,12,19H2,1H3;4-7,9H,8H2,1-3H3,(H2,19,24). The number of rotatable bonds is 10. The van der Waals surface area contributed by atoms with E-state index in [0.717, 1.165) is 43.9 Å². The topological polar surface area (TPSA) is 140 Å². The normalized spacial score (nSPS) is 12.5. The van der Waals surface area contributed by atoms with E-state index in [1.54, 1.807) is 27.4 Å². The average Bonchev–Trinajstić information content (AvgIpc) is 3.48. The Balaban J connectivity index is 0.000000189. The van der Waals surface area contributed by atoms with Crippen molar-refractivity contribution in [2.75, 3.05) is 39.0 Å². The van der Waals surface area contributed by atoms with Gasteiger partial charge in [0.2, 0.25) is 0 Å². The van der Waals surface area contributed by atoms with Crippen molar-refractivity contribution >= 4 is 40.2 Å². The van der Waals surface area contributed by atoms with Crippen molar-refractivity contribution in [1.29, 1.82) is 0 Å². The lowest BCUT2D eigenvalue weighted by molar-refractivity contribution is -0.00863. The number of halogens is 1. The number of nitrogen functional groups attached to an aromatic ring is 1. The highest BCUT2D eigenvalue weighted by Gasteiger charge is 2.19. The summed E-state index contributed by atoms with van der Waals surface area (Å²) in [6.45, 7) is 1.14. The Morgan fingerprint density at radius 2 is 1.77 bits per heavy atom. The molecule has 1 amide bonds. The summed E-state index contributed by atoms with van der Waals surface area (Å²) in [5.74, 6) is 2.27. The average molecular weight is 659 g/mol. The van der Waals surface area contributed by atoms with E-state index in [1.807, 2.05) is 66.5 Å². The molecule has 0 bridgehead atoms. The van der Waals surface area contributed by atoms with E-state index < -0.39 is 6.03 Å². The van der Waals surface area contributed by atoms with Gasteiger partial charge in [0, 0.05) is 42.5 Å². The fourth-order valence-corrected chi connectivity index (χ4v) is 5.49. The third-order valence-corrected chi connectivity index (χ3v) is 8.17. The van der Waals surface area contributed by atoms with Crippen LogP contribution in [0.3, 0.4) is 0 Å². The van der Waals surface area contributed by atoms with Gasteiger partial charge in [-0.25, -0.2) is 19.3 Å². The number of primary amides is 1. The Bertz CT molecular complexity index is 1860. The van der Waals surface area contributed by atoms with E-state index in [-0.39, 0.29) is 5.15 Å². The molecule has 0 atom stereocenters. The van der Waals surface area contributed by atoms with Crippen LogP contribution in [0.5, 0.6) is 17.2 Å². The number of anilines is 2. The second kappa shape index (κ2) is 15.1. The van der Waals surface area contributed by atoms with Crippen molar-refractivity contribution < 1.29 is 23.7 Å². The van der Waals surface area contributed by atoms with E-state index in [2.05, 4.69) is 16.0 Å². The first-order chi connectivity index (χ1) is 22.7. The van der Waals surface area contributed by atoms with Crippen molar-refractivity contribution in [1.82, 2.24) is 14.5 Å². The molecule has 6 rings (SSSR count). The smallest absolute Gasteiger partial charge is 0.325 e. The Kier molecular flexibility index (Phi) is 10.7. The SMILES string of the molecule is COc1ccc(CN(C)c2cc(Cl)nc3c2ncn3C(N)=O)c(OC)c1.COc1ccccc1-c1cc(N)cc(COC2CCC2)c1. The van der Waals surface area contributed by atoms with Gasteiger partial charge in [-0.05, 0) is 66.8 Å². The van der Waals surface area contributed by atoms with Gasteiger partial charge in [0.1, 0.15) is 34.2 Å². The quantitative estimate of drug-likeness (QED) is 0.124. The van der Waals surface area contributed by atoms with Crippen molar-refractivity contribution in [3.05, 3.63) is 89.3 Å². The lowest BCUT2D eigenvalue weighted by Gasteiger charge is -2.25. The third-order valence-electron chi connectivity index (χ3n) is 7.97. The highest BCUT2D eigenvalue weighted by atomic mass is 35.5. The predicted molar refractivity (Wildman–Crippen MR) is 184 cm³/mol. The van der Waals surface area contributed by atoms with Gasteiger partial charge in [-0.1, -0.05) is 29.8 Å². The van der Waals surface area contributed by atoms with Crippen LogP contribution in [-0.4, -0.2) is 55.0 Å². The molecule has 12 heteroatoms. The van der Waals surface area contributed by atoms with Crippen LogP contribution in [0.25, 0.3) is 22.3 Å². The first-order valence-corrected chi connectivity index (χ1v) is 15.5. The second-order valence-electron chi connectivity index (χ2n) is 11.2. The van der Waals surface area contributed by atoms with Crippen molar-refractivity contribution in [3.8, 4) is 28.4 Å². The lowest BCUT2D eigenvalue weighted by Crippen LogP contribution is -2.21. The van der Waals surface area contributed by atoms with Gasteiger partial charge in [-0.3, -0.25) is 0 Å². The van der Waals surface area contributed by atoms with Gasteiger partial charge in [-0.15, -0.1) is 0 Å². The fourth-order valence-electron chi connectivity index (χ4n) is 5.31. The first-order valence-electron chi connectivity index (χ1n) is 15.1. The Hall–Kier alpha value is -5.00. The third kappa shape index (κ3) is 7.87. The summed E-state index contributed by atoms with van der Waals surface area (Å²) >= 11 is 6.13. The monoisotopic (exact) mass is 658 g/mol. The zero-order valence-corrected chi connectivity index (χ0v) is 27.7. The number of amides is 1. The number of benzene rings is 3. The van der Waals surface area contributed by atoms with E-state index >= 15 is 0 Å². The lowest BCUT2D eigenvalue weighted by atomic mass is 9.96. The number of fused-ring (bicyclic) bond motifs is 1. The summed E-state index contributed by atoms with van der Waals surface area (Å²) in [5, 5.41) is 0.240. The molecule has 1 aliphatic rings. The molecule has 0 saturated heterocycles. The Morgan fingerprint density at radius 3 is 2.45 bits per heavy atom. The molecule has 246 valence electrons. The first kappa shape index (κ1) is 33.4. The minimum Gasteiger partial charge on any atom is -0.497 e. The number of para-hydroxylation sites is 1. The van der Waals surface area contributed by atoms with Crippen LogP contribution in [0.15, 0.2) is 73.1 Å². The molecule has 11 nitrogen and oxygen atoms in total. The molecule has 0 spiro atoms. The molecular weight excluding hydrogens is 620 g/mol. The molecule has 2 aromatic heterocycles. The van der Waals surface area contributed by atoms with Gasteiger partial charge in [0.25, 0.3) is 0 Å². The predicted octanol–water partition coefficient (Wildman–Crippen LogP) is 6.68. The Labute approximate surface area is 279 Å². The maximum absolute atomic E-state index is 11.5. The van der Waals surface area contributed by atoms with Crippen molar-refractivity contribution in [2.24, 2.45) is 5.73 Å². The maximum Gasteiger partial charge on any atom is 0.325 e. The second-order valence-corrected chi connectivity index (χ2v) is 11.5. The van der Waals surface area contributed by atoms with Gasteiger partial charge < -0.3 is 35.3 Å². The maximum atomic E-state index is 11.5. The summed E-state index contributed by atoms with van der Waals surface area (Å²) in [7, 11) is 6.78. The molecule has 3 aromatic carbocycles. The molecule has 1 saturated carbocycles. The minimum atomic E-state index is -0.673. The number of carbonyl (C=O) groups excluding carboxylic acids is 1. The number of nitrogens with zero attached hydrogens (tertiary/aromatic N) is 4. The molecule has 2 heterocycles. The summed E-state index contributed by atoms with van der Waals surface area (Å²) in [4.78, 5) is 21.9. The zero-order chi connectivity index (χ0) is 33.5. The number of hydrogen-bond donors (Lipinski definition) is 2. The van der Waals surface area contributed by atoms with E-state index in [4.69, 9.17) is 42.0 Å². The van der Waals surface area contributed by atoms with E-state index in [9.17, 15) is 4.79 Å². The number of nitrogens with two attached hydrogens (primary N) is 2. The van der Waals surface area contributed by atoms with Crippen LogP contribution in [0.4, 0.5) is 16.2 Å². The number of aromatic nitrogens is 3. The number of hydrogen-bond acceptors (Lipinski definition) is 9. The molecule has 0 radical (unpaired) electrons. The van der Waals surface area contributed by atoms with Crippen LogP contribution in [-0.2, 0) is 17.9 Å². The zero-order valence-electron chi connectivity index (χ0n) is 26.9. The largest absolute Gasteiger partial charge is 0.497 e. The van der Waals surface area contributed by atoms with Gasteiger partial charge >= 0.3 is 6.03 Å². The van der Waals surface area contributed by atoms with Crippen molar-refractivity contribution in [2.45, 2.75) is 38.5 Å². The number of imidazole rings is 1. The molecular formula is C35H39ClN6O5.